The summed E-state index contributed by atoms with van der Waals surface area (Å²) in [5, 5.41) is 1.26. The summed E-state index contributed by atoms with van der Waals surface area (Å²) in [6.45, 7) is 4.63. The number of nitrogens with two attached hydrogens (primary N) is 2. The zero-order valence-electron chi connectivity index (χ0n) is 11.6. The van der Waals surface area contributed by atoms with Gasteiger partial charge in [0.25, 0.3) is 0 Å². The topological polar surface area (TPSA) is 64.9 Å². The van der Waals surface area contributed by atoms with Crippen LogP contribution in [0.25, 0.3) is 0 Å². The van der Waals surface area contributed by atoms with E-state index < -0.39 is 0 Å². The predicted octanol–water partition coefficient (Wildman–Crippen LogP) is 4.03. The molecule has 0 fully saturated rings. The first-order chi connectivity index (χ1) is 9.43. The number of nitrogens with zero attached hydrogens (tertiary/aromatic N) is 1. The van der Waals surface area contributed by atoms with Crippen molar-refractivity contribution in [3.63, 3.8) is 0 Å². The molecule has 0 amide bonds. The first-order valence-corrected chi connectivity index (χ1v) is 7.02. The molecule has 5 heteroatoms. The quantitative estimate of drug-likeness (QED) is 0.650. The van der Waals surface area contributed by atoms with Gasteiger partial charge in [0.05, 0.1) is 0 Å². The van der Waals surface area contributed by atoms with Crippen molar-refractivity contribution in [3.8, 4) is 0 Å². The van der Waals surface area contributed by atoms with E-state index in [9.17, 15) is 0 Å². The number of nitrogen functional groups attached to an aromatic ring is 1. The second-order valence-electron chi connectivity index (χ2n) is 4.55. The summed E-state index contributed by atoms with van der Waals surface area (Å²) in [6.07, 6.45) is 1.76. The van der Waals surface area contributed by atoms with E-state index in [1.807, 2.05) is 19.1 Å². The van der Waals surface area contributed by atoms with Gasteiger partial charge in [0.2, 0.25) is 0 Å². The third-order valence-electron chi connectivity index (χ3n) is 2.90. The maximum Gasteiger partial charge on any atom is 0.129 e. The van der Waals surface area contributed by atoms with Crippen molar-refractivity contribution in [2.75, 3.05) is 12.3 Å². The summed E-state index contributed by atoms with van der Waals surface area (Å²) in [5.41, 5.74) is 14.0. The van der Waals surface area contributed by atoms with Crippen LogP contribution in [0.15, 0.2) is 36.5 Å². The van der Waals surface area contributed by atoms with Gasteiger partial charge in [-0.15, -0.1) is 0 Å². The zero-order chi connectivity index (χ0) is 15.1. The first kappa shape index (κ1) is 16.8. The van der Waals surface area contributed by atoms with Crippen LogP contribution >= 0.6 is 23.2 Å². The maximum atomic E-state index is 5.66. The Kier molecular flexibility index (Phi) is 6.79. The Labute approximate surface area is 129 Å². The molecule has 0 aliphatic rings. The minimum absolute atomic E-state index is 0.361. The van der Waals surface area contributed by atoms with Crippen LogP contribution in [0, 0.1) is 6.92 Å². The number of aromatic nitrogens is 1. The number of benzene rings is 1. The number of aryl methyl sites for hydroxylation is 1. The van der Waals surface area contributed by atoms with E-state index in [0.717, 1.165) is 21.8 Å². The average molecular weight is 312 g/mol. The molecule has 0 aliphatic heterocycles. The molecule has 20 heavy (non-hydrogen) atoms. The number of hydrogen-bond acceptors (Lipinski definition) is 3. The van der Waals surface area contributed by atoms with Gasteiger partial charge in [-0.25, -0.2) is 4.98 Å². The lowest BCUT2D eigenvalue weighted by Gasteiger charge is -2.06. The van der Waals surface area contributed by atoms with E-state index in [4.69, 9.17) is 34.7 Å². The van der Waals surface area contributed by atoms with Crippen LogP contribution in [0.1, 0.15) is 24.0 Å². The number of rotatable bonds is 2. The molecule has 0 radical (unpaired) electrons. The summed E-state index contributed by atoms with van der Waals surface area (Å²) in [7, 11) is 0. The fraction of sp³-hybridized carbons (Fsp3) is 0.267. The van der Waals surface area contributed by atoms with Crippen LogP contribution in [-0.4, -0.2) is 11.5 Å². The molecule has 1 aromatic heterocycles. The highest BCUT2D eigenvalue weighted by molar-refractivity contribution is 6.30. The van der Waals surface area contributed by atoms with Crippen LogP contribution in [0.3, 0.4) is 0 Å². The summed E-state index contributed by atoms with van der Waals surface area (Å²) in [5.74, 6) is 0.361. The maximum absolute atomic E-state index is 5.66. The molecule has 4 N–H and O–H groups in total. The van der Waals surface area contributed by atoms with Crippen LogP contribution in [0.4, 0.5) is 5.69 Å². The Hall–Kier alpha value is -1.29. The molecule has 2 rings (SSSR count). The van der Waals surface area contributed by atoms with Crippen molar-refractivity contribution in [3.05, 3.63) is 57.8 Å². The average Bonchev–Trinajstić information content (AvgIpc) is 2.44. The molecule has 0 aliphatic carbocycles. The molecule has 2 aromatic rings. The van der Waals surface area contributed by atoms with Gasteiger partial charge in [-0.05, 0) is 54.8 Å². The fourth-order valence-electron chi connectivity index (χ4n) is 1.45. The molecule has 1 heterocycles. The Morgan fingerprint density at radius 1 is 1.20 bits per heavy atom. The summed E-state index contributed by atoms with van der Waals surface area (Å²) < 4.78 is 0. The number of halogens is 2. The van der Waals surface area contributed by atoms with Crippen LogP contribution in [-0.2, 0) is 0 Å². The van der Waals surface area contributed by atoms with Crippen LogP contribution < -0.4 is 11.5 Å². The molecule has 0 spiro atoms. The largest absolute Gasteiger partial charge is 0.399 e. The molecule has 1 unspecified atom stereocenters. The Morgan fingerprint density at radius 2 is 1.90 bits per heavy atom. The molecule has 3 nitrogen and oxygen atoms in total. The van der Waals surface area contributed by atoms with E-state index in [1.54, 1.807) is 24.4 Å². The lowest BCUT2D eigenvalue weighted by molar-refractivity contribution is 0.769. The highest BCUT2D eigenvalue weighted by Gasteiger charge is 2.01. The van der Waals surface area contributed by atoms with E-state index in [1.165, 1.54) is 0 Å². The predicted molar refractivity (Wildman–Crippen MR) is 87.3 cm³/mol. The molecule has 0 saturated carbocycles. The Morgan fingerprint density at radius 3 is 2.35 bits per heavy atom. The molecule has 0 bridgehead atoms. The summed E-state index contributed by atoms with van der Waals surface area (Å²) in [6, 6.07) is 9.16. The SMILES string of the molecule is CC(CN)c1ccc(Cl)nc1.Cc1cc(Cl)ccc1N. The lowest BCUT2D eigenvalue weighted by atomic mass is 10.0. The second kappa shape index (κ2) is 8.10. The van der Waals surface area contributed by atoms with Gasteiger partial charge in [0.1, 0.15) is 5.15 Å². The zero-order valence-corrected chi connectivity index (χ0v) is 13.1. The number of pyridine rings is 1. The van der Waals surface area contributed by atoms with Gasteiger partial charge in [0.15, 0.2) is 0 Å². The van der Waals surface area contributed by atoms with E-state index in [2.05, 4.69) is 11.9 Å². The van der Waals surface area contributed by atoms with Gasteiger partial charge in [-0.3, -0.25) is 0 Å². The van der Waals surface area contributed by atoms with E-state index in [0.29, 0.717) is 17.6 Å². The molecular weight excluding hydrogens is 293 g/mol. The highest BCUT2D eigenvalue weighted by Crippen LogP contribution is 2.16. The summed E-state index contributed by atoms with van der Waals surface area (Å²) >= 11 is 11.3. The van der Waals surface area contributed by atoms with Crippen molar-refractivity contribution in [1.29, 1.82) is 0 Å². The number of anilines is 1. The molecule has 108 valence electrons. The van der Waals surface area contributed by atoms with E-state index >= 15 is 0 Å². The van der Waals surface area contributed by atoms with Crippen LogP contribution in [0.2, 0.25) is 10.2 Å². The molecular formula is C15H19Cl2N3. The van der Waals surface area contributed by atoms with Gasteiger partial charge in [-0.1, -0.05) is 36.2 Å². The minimum atomic E-state index is 0.361. The highest BCUT2D eigenvalue weighted by atomic mass is 35.5. The first-order valence-electron chi connectivity index (χ1n) is 6.27. The van der Waals surface area contributed by atoms with Gasteiger partial charge >= 0.3 is 0 Å². The standard InChI is InChI=1S/C8H11ClN2.C7H8ClN/c1-6(4-10)7-2-3-8(9)11-5-7;1-5-4-6(8)2-3-7(5)9/h2-3,5-6H,4,10H2,1H3;2-4H,9H2,1H3. The summed E-state index contributed by atoms with van der Waals surface area (Å²) in [4.78, 5) is 3.96. The third kappa shape index (κ3) is 5.37. The van der Waals surface area contributed by atoms with Crippen molar-refractivity contribution >= 4 is 28.9 Å². The second-order valence-corrected chi connectivity index (χ2v) is 5.38. The normalized spacial score (nSPS) is 11.4. The number of hydrogen-bond donors (Lipinski definition) is 2. The molecule has 0 saturated heterocycles. The van der Waals surface area contributed by atoms with Gasteiger partial charge < -0.3 is 11.5 Å². The van der Waals surface area contributed by atoms with E-state index in [-0.39, 0.29) is 0 Å². The van der Waals surface area contributed by atoms with Crippen molar-refractivity contribution < 1.29 is 0 Å². The smallest absolute Gasteiger partial charge is 0.129 e. The molecule has 1 atom stereocenters. The van der Waals surface area contributed by atoms with Gasteiger partial charge in [0, 0.05) is 16.9 Å². The van der Waals surface area contributed by atoms with Crippen molar-refractivity contribution in [2.45, 2.75) is 19.8 Å². The minimum Gasteiger partial charge on any atom is -0.399 e. The van der Waals surface area contributed by atoms with Crippen molar-refractivity contribution in [1.82, 2.24) is 4.98 Å². The Bertz CT molecular complexity index is 541. The molecule has 1 aromatic carbocycles. The van der Waals surface area contributed by atoms with Crippen molar-refractivity contribution in [2.24, 2.45) is 5.73 Å². The van der Waals surface area contributed by atoms with Crippen LogP contribution in [0.5, 0.6) is 0 Å². The van der Waals surface area contributed by atoms with Gasteiger partial charge in [-0.2, -0.15) is 0 Å². The fourth-order valence-corrected chi connectivity index (χ4v) is 1.79. The lowest BCUT2D eigenvalue weighted by Crippen LogP contribution is -2.08. The monoisotopic (exact) mass is 311 g/mol. The third-order valence-corrected chi connectivity index (χ3v) is 3.36. The Balaban J connectivity index is 0.000000204.